The number of carbonyl (C=O) groups is 1. The molecule has 4 heterocycles. The lowest BCUT2D eigenvalue weighted by Crippen LogP contribution is -2.39. The van der Waals surface area contributed by atoms with Crippen molar-refractivity contribution in [2.45, 2.75) is 44.7 Å². The van der Waals surface area contributed by atoms with Gasteiger partial charge in [0.25, 0.3) is 6.43 Å². The summed E-state index contributed by atoms with van der Waals surface area (Å²) in [5.41, 5.74) is 2.43. The first kappa shape index (κ1) is 21.1. The highest BCUT2D eigenvalue weighted by atomic mass is 32.1. The van der Waals surface area contributed by atoms with Crippen molar-refractivity contribution >= 4 is 28.3 Å². The van der Waals surface area contributed by atoms with Crippen molar-refractivity contribution in [3.8, 4) is 22.8 Å². The summed E-state index contributed by atoms with van der Waals surface area (Å²) in [5.74, 6) is 1.25. The largest absolute Gasteiger partial charge is 0.338 e. The van der Waals surface area contributed by atoms with Crippen LogP contribution in [-0.2, 0) is 11.3 Å². The van der Waals surface area contributed by atoms with Gasteiger partial charge >= 0.3 is 4.87 Å². The van der Waals surface area contributed by atoms with Gasteiger partial charge in [-0.3, -0.25) is 14.6 Å². The van der Waals surface area contributed by atoms with Crippen molar-refractivity contribution in [3.05, 3.63) is 51.0 Å². The number of benzene rings is 1. The Bertz CT molecular complexity index is 1520. The highest BCUT2D eigenvalue weighted by molar-refractivity contribution is 7.03. The van der Waals surface area contributed by atoms with Crippen LogP contribution in [0, 0.1) is 0 Å². The Kier molecular flexibility index (Phi) is 4.67. The Morgan fingerprint density at radius 1 is 1.18 bits per heavy atom. The van der Waals surface area contributed by atoms with E-state index in [4.69, 9.17) is 4.98 Å². The molecule has 1 aromatic carbocycles. The van der Waals surface area contributed by atoms with E-state index in [0.717, 1.165) is 24.4 Å². The molecule has 1 unspecified atom stereocenters. The predicted molar refractivity (Wildman–Crippen MR) is 123 cm³/mol. The minimum Gasteiger partial charge on any atom is -0.338 e. The Morgan fingerprint density at radius 2 is 1.97 bits per heavy atom. The van der Waals surface area contributed by atoms with Gasteiger partial charge in [-0.05, 0) is 31.9 Å². The number of hydrogen-bond acceptors (Lipinski definition) is 6. The molecule has 1 amide bonds. The molecule has 0 bridgehead atoms. The normalized spacial score (nSPS) is 18.2. The molecule has 1 atom stereocenters. The number of amides is 1. The van der Waals surface area contributed by atoms with Crippen LogP contribution in [0.1, 0.15) is 55.2 Å². The zero-order chi connectivity index (χ0) is 23.7. The maximum absolute atomic E-state index is 14.1. The van der Waals surface area contributed by atoms with Gasteiger partial charge in [-0.25, -0.2) is 18.7 Å². The molecule has 6 rings (SSSR count). The van der Waals surface area contributed by atoms with E-state index >= 15 is 0 Å². The number of halogens is 2. The second-order valence-electron chi connectivity index (χ2n) is 8.82. The maximum atomic E-state index is 14.1. The van der Waals surface area contributed by atoms with E-state index in [1.807, 2.05) is 23.6 Å². The van der Waals surface area contributed by atoms with Crippen LogP contribution >= 0.6 is 11.5 Å². The molecular weight excluding hydrogens is 462 g/mol. The van der Waals surface area contributed by atoms with Crippen LogP contribution < -0.4 is 4.87 Å². The average Bonchev–Trinajstić information content (AvgIpc) is 3.46. The summed E-state index contributed by atoms with van der Waals surface area (Å²) in [7, 11) is 1.76. The Labute approximate surface area is 196 Å². The van der Waals surface area contributed by atoms with Crippen molar-refractivity contribution in [1.82, 2.24) is 28.8 Å². The summed E-state index contributed by atoms with van der Waals surface area (Å²) in [6.45, 7) is 2.27. The second kappa shape index (κ2) is 7.52. The van der Waals surface area contributed by atoms with Crippen molar-refractivity contribution in [1.29, 1.82) is 0 Å². The van der Waals surface area contributed by atoms with Crippen molar-refractivity contribution in [2.24, 2.45) is 0 Å². The first-order valence-corrected chi connectivity index (χ1v) is 11.8. The lowest BCUT2D eigenvalue weighted by atomic mass is 10.00. The Morgan fingerprint density at radius 3 is 2.65 bits per heavy atom. The van der Waals surface area contributed by atoms with Crippen LogP contribution in [-0.4, -0.2) is 41.7 Å². The third-order valence-corrected chi connectivity index (χ3v) is 7.07. The molecule has 34 heavy (non-hydrogen) atoms. The smallest absolute Gasteiger partial charge is 0.323 e. The molecule has 1 N–H and O–H groups in total. The Hall–Kier alpha value is -3.47. The van der Waals surface area contributed by atoms with E-state index in [-0.39, 0.29) is 29.0 Å². The third kappa shape index (κ3) is 3.17. The van der Waals surface area contributed by atoms with Gasteiger partial charge < -0.3 is 9.47 Å². The van der Waals surface area contributed by atoms with Crippen molar-refractivity contribution in [2.75, 3.05) is 7.05 Å². The maximum Gasteiger partial charge on any atom is 0.323 e. The van der Waals surface area contributed by atoms with Crippen LogP contribution in [0.2, 0.25) is 0 Å². The van der Waals surface area contributed by atoms with Gasteiger partial charge in [0.15, 0.2) is 5.82 Å². The molecule has 11 heteroatoms. The van der Waals surface area contributed by atoms with E-state index in [0.29, 0.717) is 46.2 Å². The quantitative estimate of drug-likeness (QED) is 0.469. The number of aromatic amines is 1. The highest BCUT2D eigenvalue weighted by Gasteiger charge is 2.38. The molecule has 4 aromatic rings. The van der Waals surface area contributed by atoms with Crippen LogP contribution in [0.3, 0.4) is 0 Å². The van der Waals surface area contributed by atoms with Crippen LogP contribution in [0.25, 0.3) is 33.7 Å². The number of hydrogen-bond donors (Lipinski definition) is 1. The number of alkyl halides is 2. The third-order valence-electron chi connectivity index (χ3n) is 6.53. The van der Waals surface area contributed by atoms with Gasteiger partial charge in [-0.1, -0.05) is 12.1 Å². The first-order chi connectivity index (χ1) is 16.3. The molecule has 1 aliphatic carbocycles. The minimum atomic E-state index is -2.81. The summed E-state index contributed by atoms with van der Waals surface area (Å²) in [5, 5.41) is 0.537. The van der Waals surface area contributed by atoms with Gasteiger partial charge in [-0.15, -0.1) is 0 Å². The topological polar surface area (TPSA) is 96.8 Å². The number of likely N-dealkylation sites (N-methyl/N-ethyl adjacent to an activating group) is 1. The van der Waals surface area contributed by atoms with E-state index in [9.17, 15) is 18.4 Å². The van der Waals surface area contributed by atoms with Crippen molar-refractivity contribution in [3.63, 3.8) is 0 Å². The number of aromatic nitrogens is 5. The number of nitrogens with zero attached hydrogens (tertiary/aromatic N) is 5. The number of fused-ring (bicyclic) bond motifs is 2. The molecule has 0 radical (unpaired) electrons. The molecule has 1 saturated carbocycles. The molecule has 2 aliphatic rings. The summed E-state index contributed by atoms with van der Waals surface area (Å²) >= 11 is 0.661. The molecule has 3 aromatic heterocycles. The fourth-order valence-corrected chi connectivity index (χ4v) is 5.20. The van der Waals surface area contributed by atoms with Gasteiger partial charge in [0.2, 0.25) is 5.91 Å². The molecular formula is C23H20F2N6O2S. The summed E-state index contributed by atoms with van der Waals surface area (Å²) in [6, 6.07) is 6.45. The van der Waals surface area contributed by atoms with Crippen molar-refractivity contribution < 1.29 is 13.6 Å². The standard InChI is InChI=1S/C23H20F2N6O2S/c1-10-22(32)30(2)9-16-17(27-21(31(10)16)11-6-7-11)12-4-3-5-15-13(12)8-14(19(24)25)18(26-15)20-28-23(33)34-29-20/h3-5,8,10-11,19H,6-7,9H2,1-2H3,(H,28,29,33). The number of nitrogens with one attached hydrogen (secondary N) is 1. The zero-order valence-electron chi connectivity index (χ0n) is 18.4. The van der Waals surface area contributed by atoms with E-state index in [1.165, 1.54) is 6.07 Å². The lowest BCUT2D eigenvalue weighted by molar-refractivity contribution is -0.135. The molecule has 174 valence electrons. The van der Waals surface area contributed by atoms with E-state index in [1.54, 1.807) is 18.0 Å². The predicted octanol–water partition coefficient (Wildman–Crippen LogP) is 4.26. The number of carbonyl (C=O) groups excluding carboxylic acids is 1. The monoisotopic (exact) mass is 482 g/mol. The second-order valence-corrected chi connectivity index (χ2v) is 9.56. The molecule has 0 saturated heterocycles. The highest BCUT2D eigenvalue weighted by Crippen LogP contribution is 2.45. The first-order valence-electron chi connectivity index (χ1n) is 11.0. The summed E-state index contributed by atoms with van der Waals surface area (Å²) < 4.78 is 34.2. The number of H-pyrrole nitrogens is 1. The van der Waals surface area contributed by atoms with E-state index in [2.05, 4.69) is 14.3 Å². The van der Waals surface area contributed by atoms with Gasteiger partial charge in [-0.2, -0.15) is 4.37 Å². The lowest BCUT2D eigenvalue weighted by Gasteiger charge is -2.31. The molecule has 0 spiro atoms. The fourth-order valence-electron chi connectivity index (χ4n) is 4.75. The van der Waals surface area contributed by atoms with E-state index < -0.39 is 11.3 Å². The number of imidazole rings is 1. The fraction of sp³-hybridized carbons (Fsp3) is 0.348. The van der Waals surface area contributed by atoms with Crippen LogP contribution in [0.5, 0.6) is 0 Å². The van der Waals surface area contributed by atoms with Gasteiger partial charge in [0, 0.05) is 41.0 Å². The van der Waals surface area contributed by atoms with Crippen LogP contribution in [0.4, 0.5) is 8.78 Å². The average molecular weight is 483 g/mol. The SMILES string of the molecule is CC1C(=O)N(C)Cc2c(-c3cccc4nc(-c5nsc(=O)[nH]5)c(C(F)F)cc34)nc(C3CC3)n21. The van der Waals surface area contributed by atoms with Gasteiger partial charge in [0.1, 0.15) is 17.6 Å². The molecule has 1 fully saturated rings. The minimum absolute atomic E-state index is 0.0276. The van der Waals surface area contributed by atoms with Crippen LogP contribution in [0.15, 0.2) is 29.1 Å². The summed E-state index contributed by atoms with van der Waals surface area (Å²) in [6.07, 6.45) is -0.768. The summed E-state index contributed by atoms with van der Waals surface area (Å²) in [4.78, 5) is 37.4. The zero-order valence-corrected chi connectivity index (χ0v) is 19.2. The number of pyridine rings is 1. The molecule has 8 nitrogen and oxygen atoms in total. The number of rotatable bonds is 4. The van der Waals surface area contributed by atoms with Gasteiger partial charge in [0.05, 0.1) is 23.4 Å². The Balaban J connectivity index is 1.60. The molecule has 1 aliphatic heterocycles.